The first kappa shape index (κ1) is 22.8. The summed E-state index contributed by atoms with van der Waals surface area (Å²) in [6.45, 7) is 1.87. The Bertz CT molecular complexity index is 1240. The fraction of sp³-hybridized carbons (Fsp3) is 0.200. The number of rotatable bonds is 5. The van der Waals surface area contributed by atoms with Crippen LogP contribution >= 0.6 is 0 Å². The van der Waals surface area contributed by atoms with Gasteiger partial charge in [-0.1, -0.05) is 18.2 Å². The number of hydrazone groups is 1. The lowest BCUT2D eigenvalue weighted by Gasteiger charge is -2.22. The third-order valence-corrected chi connectivity index (χ3v) is 5.49. The van der Waals surface area contributed by atoms with E-state index >= 15 is 0 Å². The molecule has 3 aromatic rings. The van der Waals surface area contributed by atoms with Gasteiger partial charge in [-0.25, -0.2) is 4.79 Å². The van der Waals surface area contributed by atoms with Gasteiger partial charge in [0.15, 0.2) is 11.5 Å². The van der Waals surface area contributed by atoms with Crippen LogP contribution in [0.5, 0.6) is 17.2 Å². The fourth-order valence-electron chi connectivity index (χ4n) is 3.79. The summed E-state index contributed by atoms with van der Waals surface area (Å²) in [6.07, 6.45) is -0.163. The maximum Gasteiger partial charge on any atom is 0.436 e. The molecule has 34 heavy (non-hydrogen) atoms. The van der Waals surface area contributed by atoms with E-state index in [9.17, 15) is 14.9 Å². The van der Waals surface area contributed by atoms with Crippen molar-refractivity contribution < 1.29 is 23.9 Å². The summed E-state index contributed by atoms with van der Waals surface area (Å²) in [5.74, 6) is 1.46. The summed E-state index contributed by atoms with van der Waals surface area (Å²) in [5, 5.41) is 17.1. The van der Waals surface area contributed by atoms with Gasteiger partial charge < -0.3 is 14.2 Å². The van der Waals surface area contributed by atoms with Gasteiger partial charge in [0.25, 0.3) is 5.69 Å². The average Bonchev–Trinajstić information content (AvgIpc) is 2.99. The maximum atomic E-state index is 13.1. The normalized spacial score (nSPS) is 15.0. The van der Waals surface area contributed by atoms with Crippen molar-refractivity contribution in [3.8, 4) is 17.2 Å². The Morgan fingerprint density at radius 2 is 1.68 bits per heavy atom. The zero-order valence-electron chi connectivity index (χ0n) is 18.9. The van der Waals surface area contributed by atoms with Crippen LogP contribution in [-0.2, 0) is 6.42 Å². The highest BCUT2D eigenvalue weighted by Gasteiger charge is 2.30. The molecule has 1 aliphatic heterocycles. The molecule has 0 aliphatic carbocycles. The summed E-state index contributed by atoms with van der Waals surface area (Å²) in [7, 11) is 3.09. The van der Waals surface area contributed by atoms with Crippen LogP contribution in [0.25, 0.3) is 0 Å². The Kier molecular flexibility index (Phi) is 6.44. The molecule has 0 aromatic heterocycles. The van der Waals surface area contributed by atoms with Gasteiger partial charge in [-0.2, -0.15) is 10.1 Å². The number of methoxy groups -OCH3 is 2. The number of hydrogen-bond donors (Lipinski definition) is 0. The van der Waals surface area contributed by atoms with Gasteiger partial charge in [-0.05, 0) is 55.3 Å². The molecular formula is C25H23N3O6. The van der Waals surface area contributed by atoms with Gasteiger partial charge in [0, 0.05) is 23.3 Å². The Labute approximate surface area is 196 Å². The molecule has 1 aliphatic rings. The molecule has 4 rings (SSSR count). The smallest absolute Gasteiger partial charge is 0.436 e. The number of ether oxygens (including phenoxy) is 3. The molecule has 3 aromatic carbocycles. The molecule has 0 radical (unpaired) electrons. The zero-order valence-corrected chi connectivity index (χ0v) is 18.9. The first-order valence-electron chi connectivity index (χ1n) is 10.6. The van der Waals surface area contributed by atoms with Crippen LogP contribution in [0.15, 0.2) is 71.8 Å². The second-order valence-corrected chi connectivity index (χ2v) is 7.70. The molecule has 0 unspecified atom stereocenters. The number of amides is 1. The van der Waals surface area contributed by atoms with Crippen LogP contribution in [0.3, 0.4) is 0 Å². The largest absolute Gasteiger partial charge is 0.493 e. The molecular weight excluding hydrogens is 438 g/mol. The van der Waals surface area contributed by atoms with E-state index in [2.05, 4.69) is 5.10 Å². The van der Waals surface area contributed by atoms with Crippen molar-refractivity contribution in [2.24, 2.45) is 5.10 Å². The van der Waals surface area contributed by atoms with Crippen LogP contribution in [0, 0.1) is 10.1 Å². The van der Waals surface area contributed by atoms with E-state index in [4.69, 9.17) is 14.2 Å². The highest BCUT2D eigenvalue weighted by atomic mass is 16.6. The Morgan fingerprint density at radius 3 is 2.29 bits per heavy atom. The van der Waals surface area contributed by atoms with Crippen molar-refractivity contribution in [3.05, 3.63) is 93.5 Å². The lowest BCUT2D eigenvalue weighted by Crippen LogP contribution is -2.37. The summed E-state index contributed by atoms with van der Waals surface area (Å²) < 4.78 is 16.5. The number of nitro groups is 1. The number of non-ortho nitro benzene ring substituents is 1. The molecule has 1 amide bonds. The molecule has 9 heteroatoms. The zero-order chi connectivity index (χ0) is 24.2. The minimum atomic E-state index is -0.634. The van der Waals surface area contributed by atoms with E-state index in [0.29, 0.717) is 34.9 Å². The first-order chi connectivity index (χ1) is 16.4. The van der Waals surface area contributed by atoms with Crippen molar-refractivity contribution >= 4 is 17.5 Å². The van der Waals surface area contributed by atoms with Crippen molar-refractivity contribution in [1.29, 1.82) is 0 Å². The van der Waals surface area contributed by atoms with E-state index in [1.165, 1.54) is 24.3 Å². The van der Waals surface area contributed by atoms with Crippen molar-refractivity contribution in [2.75, 3.05) is 14.2 Å². The van der Waals surface area contributed by atoms with Gasteiger partial charge in [0.05, 0.1) is 30.9 Å². The van der Waals surface area contributed by atoms with Crippen LogP contribution in [0.1, 0.15) is 23.6 Å². The lowest BCUT2D eigenvalue weighted by atomic mass is 9.94. The van der Waals surface area contributed by atoms with E-state index in [1.807, 2.05) is 19.1 Å². The molecule has 9 nitrogen and oxygen atoms in total. The number of carbonyl (C=O) groups excluding carboxylic acids is 1. The SMILES string of the molecule is COc1cc2c(cc1OC)C(c1ccc([N+](=O)[O-])cc1)=NN(C(=O)Oc1ccccc1)[C@@H](C)C2. The second-order valence-electron chi connectivity index (χ2n) is 7.70. The van der Waals surface area contributed by atoms with E-state index < -0.39 is 11.0 Å². The molecule has 1 heterocycles. The molecule has 0 fully saturated rings. The molecule has 0 spiro atoms. The minimum Gasteiger partial charge on any atom is -0.493 e. The van der Waals surface area contributed by atoms with Crippen molar-refractivity contribution in [3.63, 3.8) is 0 Å². The first-order valence-corrected chi connectivity index (χ1v) is 10.6. The van der Waals surface area contributed by atoms with Gasteiger partial charge in [0.1, 0.15) is 5.75 Å². The van der Waals surface area contributed by atoms with Crippen LogP contribution in [0.2, 0.25) is 0 Å². The highest BCUT2D eigenvalue weighted by Crippen LogP contribution is 2.35. The van der Waals surface area contributed by atoms with Crippen molar-refractivity contribution in [1.82, 2.24) is 5.01 Å². The fourth-order valence-corrected chi connectivity index (χ4v) is 3.79. The lowest BCUT2D eigenvalue weighted by molar-refractivity contribution is -0.384. The summed E-state index contributed by atoms with van der Waals surface area (Å²) in [5.41, 5.74) is 2.63. The predicted octanol–water partition coefficient (Wildman–Crippen LogP) is 4.81. The Hall–Kier alpha value is -4.40. The average molecular weight is 461 g/mol. The number of nitro benzene ring substituents is 1. The number of para-hydroxylation sites is 1. The van der Waals surface area contributed by atoms with Crippen LogP contribution in [-0.4, -0.2) is 42.0 Å². The van der Waals surface area contributed by atoms with Crippen LogP contribution < -0.4 is 14.2 Å². The Morgan fingerprint density at radius 1 is 1.03 bits per heavy atom. The van der Waals surface area contributed by atoms with E-state index in [0.717, 1.165) is 11.1 Å². The topological polar surface area (TPSA) is 103 Å². The Balaban J connectivity index is 1.83. The summed E-state index contributed by atoms with van der Waals surface area (Å²) in [6, 6.07) is 18.1. The minimum absolute atomic E-state index is 0.0424. The molecule has 0 N–H and O–H groups in total. The third kappa shape index (κ3) is 4.54. The number of benzene rings is 3. The van der Waals surface area contributed by atoms with Gasteiger partial charge in [-0.15, -0.1) is 0 Å². The summed E-state index contributed by atoms with van der Waals surface area (Å²) >= 11 is 0. The second kappa shape index (κ2) is 9.62. The van der Waals surface area contributed by atoms with Gasteiger partial charge in [-0.3, -0.25) is 10.1 Å². The molecule has 0 bridgehead atoms. The highest BCUT2D eigenvalue weighted by molar-refractivity contribution is 6.14. The van der Waals surface area contributed by atoms with Crippen molar-refractivity contribution in [2.45, 2.75) is 19.4 Å². The quantitative estimate of drug-likeness (QED) is 0.399. The number of hydrogen-bond acceptors (Lipinski definition) is 7. The number of carbonyl (C=O) groups is 1. The van der Waals surface area contributed by atoms with Gasteiger partial charge >= 0.3 is 6.09 Å². The number of fused-ring (bicyclic) bond motifs is 1. The monoisotopic (exact) mass is 461 g/mol. The molecule has 0 saturated carbocycles. The molecule has 1 atom stereocenters. The molecule has 174 valence electrons. The maximum absolute atomic E-state index is 13.1. The van der Waals surface area contributed by atoms with E-state index in [-0.39, 0.29) is 11.7 Å². The number of nitrogens with zero attached hydrogens (tertiary/aromatic N) is 3. The van der Waals surface area contributed by atoms with Gasteiger partial charge in [0.2, 0.25) is 0 Å². The standard InChI is InChI=1S/C25H23N3O6/c1-16-13-18-14-22(32-2)23(33-3)15-21(18)24(17-9-11-19(12-10-17)28(30)31)26-27(16)25(29)34-20-7-5-4-6-8-20/h4-12,14-16H,13H2,1-3H3/t16-/m0/s1. The summed E-state index contributed by atoms with van der Waals surface area (Å²) in [4.78, 5) is 23.8. The third-order valence-electron chi connectivity index (χ3n) is 5.49. The predicted molar refractivity (Wildman–Crippen MR) is 126 cm³/mol. The van der Waals surface area contributed by atoms with E-state index in [1.54, 1.807) is 49.6 Å². The molecule has 0 saturated heterocycles. The van der Waals surface area contributed by atoms with Crippen LogP contribution in [0.4, 0.5) is 10.5 Å².